The van der Waals surface area contributed by atoms with Gasteiger partial charge in [0.15, 0.2) is 0 Å². The molecule has 1 aromatic carbocycles. The summed E-state index contributed by atoms with van der Waals surface area (Å²) in [5.74, 6) is 1.04. The fourth-order valence-corrected chi connectivity index (χ4v) is 3.51. The Kier molecular flexibility index (Phi) is 5.93. The Balaban J connectivity index is 1.67. The number of likely N-dealkylation sites (tertiary alicyclic amines) is 1. The average Bonchev–Trinajstić information content (AvgIpc) is 2.78. The van der Waals surface area contributed by atoms with Gasteiger partial charge >= 0.3 is 0 Å². The number of hydrogen-bond donors (Lipinski definition) is 1. The Morgan fingerprint density at radius 3 is 2.79 bits per heavy atom. The fourth-order valence-electron chi connectivity index (χ4n) is 3.51. The second-order valence-electron chi connectivity index (χ2n) is 7.14. The fraction of sp³-hybridized carbons (Fsp3) is 0.600. The standard InChI is InChI=1S/C20H30N2O2/c1-3-16(2)13-22-10-11-24-20-5-4-17(12-18(20)15-22)14-21-8-6-19(23)7-9-21/h3-5,12,19,23H,6-11,13-15H2,1-2H3/b16-3+. The molecular weight excluding hydrogens is 300 g/mol. The van der Waals surface area contributed by atoms with Crippen LogP contribution in [0.5, 0.6) is 5.75 Å². The molecule has 4 heteroatoms. The third-order valence-electron chi connectivity index (χ3n) is 5.11. The molecule has 0 aromatic heterocycles. The van der Waals surface area contributed by atoms with Gasteiger partial charge in [-0.25, -0.2) is 0 Å². The van der Waals surface area contributed by atoms with Crippen LogP contribution in [0.15, 0.2) is 29.8 Å². The van der Waals surface area contributed by atoms with E-state index in [2.05, 4.69) is 47.9 Å². The lowest BCUT2D eigenvalue weighted by Crippen LogP contribution is -2.35. The predicted molar refractivity (Wildman–Crippen MR) is 97.2 cm³/mol. The van der Waals surface area contributed by atoms with Gasteiger partial charge in [0.2, 0.25) is 0 Å². The first-order valence-electron chi connectivity index (χ1n) is 9.13. The molecular formula is C20H30N2O2. The highest BCUT2D eigenvalue weighted by molar-refractivity contribution is 5.38. The molecule has 1 N–H and O–H groups in total. The summed E-state index contributed by atoms with van der Waals surface area (Å²) in [7, 11) is 0. The van der Waals surface area contributed by atoms with E-state index in [9.17, 15) is 5.11 Å². The number of ether oxygens (including phenoxy) is 1. The lowest BCUT2D eigenvalue weighted by molar-refractivity contribution is 0.0792. The molecule has 0 aliphatic carbocycles. The number of aliphatic hydroxyl groups excluding tert-OH is 1. The largest absolute Gasteiger partial charge is 0.492 e. The molecule has 1 saturated heterocycles. The van der Waals surface area contributed by atoms with Crippen LogP contribution in [0, 0.1) is 0 Å². The molecule has 0 atom stereocenters. The van der Waals surface area contributed by atoms with E-state index in [0.29, 0.717) is 0 Å². The number of hydrogen-bond acceptors (Lipinski definition) is 4. The number of aliphatic hydroxyl groups is 1. The summed E-state index contributed by atoms with van der Waals surface area (Å²) in [6, 6.07) is 6.63. The zero-order valence-electron chi connectivity index (χ0n) is 15.0. The topological polar surface area (TPSA) is 35.9 Å². The average molecular weight is 330 g/mol. The first-order chi connectivity index (χ1) is 11.6. The van der Waals surface area contributed by atoms with Gasteiger partial charge in [-0.2, -0.15) is 0 Å². The maximum atomic E-state index is 9.65. The van der Waals surface area contributed by atoms with Crippen LogP contribution in [-0.4, -0.2) is 53.8 Å². The molecule has 0 bridgehead atoms. The summed E-state index contributed by atoms with van der Waals surface area (Å²) in [5, 5.41) is 9.65. The third kappa shape index (κ3) is 4.59. The molecule has 1 aromatic rings. The number of fused-ring (bicyclic) bond motifs is 1. The molecule has 4 nitrogen and oxygen atoms in total. The smallest absolute Gasteiger partial charge is 0.123 e. The van der Waals surface area contributed by atoms with Gasteiger partial charge in [0.1, 0.15) is 12.4 Å². The molecule has 3 rings (SSSR count). The quantitative estimate of drug-likeness (QED) is 0.861. The summed E-state index contributed by atoms with van der Waals surface area (Å²) < 4.78 is 5.95. The second-order valence-corrected chi connectivity index (χ2v) is 7.14. The lowest BCUT2D eigenvalue weighted by Gasteiger charge is -2.29. The van der Waals surface area contributed by atoms with Crippen molar-refractivity contribution in [2.75, 3.05) is 32.8 Å². The van der Waals surface area contributed by atoms with Crippen molar-refractivity contribution in [3.05, 3.63) is 41.0 Å². The highest BCUT2D eigenvalue weighted by Gasteiger charge is 2.19. The Hall–Kier alpha value is -1.36. The Morgan fingerprint density at radius 2 is 2.04 bits per heavy atom. The van der Waals surface area contributed by atoms with Crippen molar-refractivity contribution in [2.45, 2.75) is 45.9 Å². The van der Waals surface area contributed by atoms with E-state index in [0.717, 1.165) is 64.5 Å². The molecule has 0 amide bonds. The first kappa shape index (κ1) is 17.5. The summed E-state index contributed by atoms with van der Waals surface area (Å²) >= 11 is 0. The number of benzene rings is 1. The van der Waals surface area contributed by atoms with E-state index in [1.807, 2.05) is 0 Å². The van der Waals surface area contributed by atoms with Crippen molar-refractivity contribution in [2.24, 2.45) is 0 Å². The van der Waals surface area contributed by atoms with Crippen molar-refractivity contribution in [1.29, 1.82) is 0 Å². The van der Waals surface area contributed by atoms with Crippen LogP contribution < -0.4 is 4.74 Å². The third-order valence-corrected chi connectivity index (χ3v) is 5.11. The van der Waals surface area contributed by atoms with Crippen LogP contribution in [0.2, 0.25) is 0 Å². The molecule has 2 heterocycles. The highest BCUT2D eigenvalue weighted by atomic mass is 16.5. The van der Waals surface area contributed by atoms with Gasteiger partial charge in [0.05, 0.1) is 6.10 Å². The van der Waals surface area contributed by atoms with Gasteiger partial charge in [-0.05, 0) is 44.4 Å². The van der Waals surface area contributed by atoms with Crippen LogP contribution in [0.25, 0.3) is 0 Å². The van der Waals surface area contributed by atoms with E-state index in [1.165, 1.54) is 16.7 Å². The molecule has 2 aliphatic rings. The van der Waals surface area contributed by atoms with E-state index in [4.69, 9.17) is 4.74 Å². The van der Waals surface area contributed by atoms with E-state index >= 15 is 0 Å². The predicted octanol–water partition coefficient (Wildman–Crippen LogP) is 2.80. The van der Waals surface area contributed by atoms with Crippen molar-refractivity contribution in [3.8, 4) is 5.75 Å². The van der Waals surface area contributed by atoms with Gasteiger partial charge in [-0.15, -0.1) is 0 Å². The van der Waals surface area contributed by atoms with Gasteiger partial charge < -0.3 is 9.84 Å². The molecule has 0 spiro atoms. The highest BCUT2D eigenvalue weighted by Crippen LogP contribution is 2.26. The number of allylic oxidation sites excluding steroid dienone is 1. The van der Waals surface area contributed by atoms with E-state index in [-0.39, 0.29) is 6.10 Å². The van der Waals surface area contributed by atoms with Crippen LogP contribution in [-0.2, 0) is 13.1 Å². The molecule has 0 unspecified atom stereocenters. The lowest BCUT2D eigenvalue weighted by atomic mass is 10.1. The van der Waals surface area contributed by atoms with Gasteiger partial charge in [0.25, 0.3) is 0 Å². The molecule has 0 saturated carbocycles. The van der Waals surface area contributed by atoms with E-state index < -0.39 is 0 Å². The van der Waals surface area contributed by atoms with Crippen molar-refractivity contribution < 1.29 is 9.84 Å². The minimum absolute atomic E-state index is 0.106. The van der Waals surface area contributed by atoms with Gasteiger partial charge in [-0.1, -0.05) is 17.7 Å². The minimum Gasteiger partial charge on any atom is -0.492 e. The Labute approximate surface area is 145 Å². The summed E-state index contributed by atoms with van der Waals surface area (Å²) in [6.07, 6.45) is 3.87. The van der Waals surface area contributed by atoms with Crippen LogP contribution >= 0.6 is 0 Å². The van der Waals surface area contributed by atoms with Gasteiger partial charge in [0, 0.05) is 44.8 Å². The summed E-state index contributed by atoms with van der Waals surface area (Å²) in [5.41, 5.74) is 4.05. The summed E-state index contributed by atoms with van der Waals surface area (Å²) in [4.78, 5) is 4.90. The SMILES string of the molecule is C/C=C(\C)CN1CCOc2ccc(CN3CCC(O)CC3)cc2C1. The van der Waals surface area contributed by atoms with Crippen LogP contribution in [0.4, 0.5) is 0 Å². The Morgan fingerprint density at radius 1 is 1.25 bits per heavy atom. The normalized spacial score (nSPS) is 21.2. The van der Waals surface area contributed by atoms with Crippen LogP contribution in [0.1, 0.15) is 37.8 Å². The Bertz CT molecular complexity index is 577. The number of piperidine rings is 1. The van der Waals surface area contributed by atoms with Crippen LogP contribution in [0.3, 0.4) is 0 Å². The zero-order valence-corrected chi connectivity index (χ0v) is 15.0. The van der Waals surface area contributed by atoms with Gasteiger partial charge in [-0.3, -0.25) is 9.80 Å². The zero-order chi connectivity index (χ0) is 16.9. The summed E-state index contributed by atoms with van der Waals surface area (Å²) in [6.45, 7) is 10.9. The molecule has 132 valence electrons. The molecule has 0 radical (unpaired) electrons. The monoisotopic (exact) mass is 330 g/mol. The molecule has 2 aliphatic heterocycles. The van der Waals surface area contributed by atoms with E-state index in [1.54, 1.807) is 0 Å². The number of nitrogens with zero attached hydrogens (tertiary/aromatic N) is 2. The second kappa shape index (κ2) is 8.15. The van der Waals surface area contributed by atoms with Crippen molar-refractivity contribution in [1.82, 2.24) is 9.80 Å². The maximum Gasteiger partial charge on any atom is 0.123 e. The first-order valence-corrected chi connectivity index (χ1v) is 9.13. The van der Waals surface area contributed by atoms with Crippen molar-refractivity contribution >= 4 is 0 Å². The minimum atomic E-state index is -0.106. The maximum absolute atomic E-state index is 9.65. The number of rotatable bonds is 4. The molecule has 1 fully saturated rings. The van der Waals surface area contributed by atoms with Crippen molar-refractivity contribution in [3.63, 3.8) is 0 Å². The molecule has 24 heavy (non-hydrogen) atoms.